The van der Waals surface area contributed by atoms with Gasteiger partial charge in [0, 0.05) is 0 Å². The second kappa shape index (κ2) is 37.6. The Morgan fingerprint density at radius 3 is 0.589 bits per heavy atom. The fourth-order valence-corrected chi connectivity index (χ4v) is 7.38. The van der Waals surface area contributed by atoms with E-state index in [9.17, 15) is 20.1 Å². The van der Waals surface area contributed by atoms with Crippen LogP contribution in [0.1, 0.15) is 233 Å². The molecule has 8 nitrogen and oxygen atoms in total. The molecule has 0 unspecified atom stereocenters. The van der Waals surface area contributed by atoms with E-state index in [0.717, 1.165) is 77.0 Å². The van der Waals surface area contributed by atoms with E-state index >= 15 is 0 Å². The SMILES string of the molecule is CCCCCCCCCCOc1c(OCCCCCCCCCC)c(B(O)O)c(OCCCCCCCCCC)c(OCCCCCCCCCC)c1B(O)O. The molecule has 0 saturated heterocycles. The Morgan fingerprint density at radius 1 is 0.268 bits per heavy atom. The van der Waals surface area contributed by atoms with E-state index in [-0.39, 0.29) is 33.9 Å². The lowest BCUT2D eigenvalue weighted by atomic mass is 9.71. The van der Waals surface area contributed by atoms with E-state index in [4.69, 9.17) is 18.9 Å². The molecule has 0 saturated carbocycles. The van der Waals surface area contributed by atoms with Crippen molar-refractivity contribution >= 4 is 25.2 Å². The van der Waals surface area contributed by atoms with E-state index in [0.29, 0.717) is 26.4 Å². The summed E-state index contributed by atoms with van der Waals surface area (Å²) >= 11 is 0. The normalized spacial score (nSPS) is 11.3. The average Bonchev–Trinajstić information content (AvgIpc) is 3.18. The van der Waals surface area contributed by atoms with Crippen molar-refractivity contribution in [2.45, 2.75) is 233 Å². The number of rotatable bonds is 42. The van der Waals surface area contributed by atoms with Gasteiger partial charge in [-0.05, 0) is 25.7 Å². The molecule has 0 spiro atoms. The lowest BCUT2D eigenvalue weighted by Gasteiger charge is -2.26. The molecule has 0 amide bonds. The summed E-state index contributed by atoms with van der Waals surface area (Å²) in [4.78, 5) is 0. The van der Waals surface area contributed by atoms with Gasteiger partial charge in [-0.1, -0.05) is 207 Å². The van der Waals surface area contributed by atoms with E-state index in [2.05, 4.69) is 27.7 Å². The van der Waals surface area contributed by atoms with Crippen LogP contribution in [0.5, 0.6) is 23.0 Å². The zero-order valence-corrected chi connectivity index (χ0v) is 37.0. The number of hydrogen-bond donors (Lipinski definition) is 4. The minimum absolute atomic E-state index is 0.0328. The summed E-state index contributed by atoms with van der Waals surface area (Å²) < 4.78 is 25.5. The highest BCUT2D eigenvalue weighted by atomic mass is 16.5. The molecular formula is C46H88B2O8. The van der Waals surface area contributed by atoms with Crippen LogP contribution in [-0.4, -0.2) is 60.8 Å². The molecule has 1 rings (SSSR count). The lowest BCUT2D eigenvalue weighted by Crippen LogP contribution is -2.41. The average molecular weight is 791 g/mol. The van der Waals surface area contributed by atoms with Gasteiger partial charge >= 0.3 is 14.2 Å². The molecule has 1 aromatic rings. The summed E-state index contributed by atoms with van der Waals surface area (Å²) in [5, 5.41) is 43.9. The minimum atomic E-state index is -1.95. The molecule has 0 radical (unpaired) electrons. The van der Waals surface area contributed by atoms with Crippen LogP contribution in [0.15, 0.2) is 0 Å². The summed E-state index contributed by atoms with van der Waals surface area (Å²) in [6.07, 6.45) is 36.4. The molecule has 0 aliphatic carbocycles. The maximum absolute atomic E-state index is 11.0. The van der Waals surface area contributed by atoms with Crippen molar-refractivity contribution in [1.29, 1.82) is 0 Å². The molecular weight excluding hydrogens is 702 g/mol. The van der Waals surface area contributed by atoms with Gasteiger partial charge in [-0.2, -0.15) is 0 Å². The van der Waals surface area contributed by atoms with Gasteiger partial charge in [0.2, 0.25) is 0 Å². The zero-order chi connectivity index (χ0) is 40.9. The second-order valence-corrected chi connectivity index (χ2v) is 16.2. The summed E-state index contributed by atoms with van der Waals surface area (Å²) in [6, 6.07) is 0. The smallest absolute Gasteiger partial charge is 0.490 e. The van der Waals surface area contributed by atoms with Crippen molar-refractivity contribution < 1.29 is 39.0 Å². The Kier molecular flexibility index (Phi) is 35.2. The Bertz CT molecular complexity index is 877. The van der Waals surface area contributed by atoms with Gasteiger partial charge in [0.15, 0.2) is 23.0 Å². The molecule has 0 aliphatic heterocycles. The molecule has 0 bridgehead atoms. The second-order valence-electron chi connectivity index (χ2n) is 16.2. The topological polar surface area (TPSA) is 118 Å². The largest absolute Gasteiger partial charge is 0.496 e. The van der Waals surface area contributed by atoms with Crippen LogP contribution in [0.2, 0.25) is 0 Å². The van der Waals surface area contributed by atoms with Crippen LogP contribution in [0, 0.1) is 0 Å². The standard InChI is InChI=1S/C46H88B2O8/c1-5-9-13-17-21-25-29-33-37-53-43-41(47(49)50)45(55-39-35-31-27-23-19-15-11-7-3)46(56-40-36-32-28-24-20-16-12-8-4)42(48(51)52)44(43)54-38-34-30-26-22-18-14-10-6-2/h49-52H,5-40H2,1-4H3. The van der Waals surface area contributed by atoms with Crippen molar-refractivity contribution in [3.8, 4) is 23.0 Å². The highest BCUT2D eigenvalue weighted by molar-refractivity contribution is 6.65. The molecule has 0 aliphatic rings. The molecule has 0 heterocycles. The quantitative estimate of drug-likeness (QED) is 0.0382. The third-order valence-corrected chi connectivity index (χ3v) is 10.9. The van der Waals surface area contributed by atoms with Crippen LogP contribution < -0.4 is 29.9 Å². The van der Waals surface area contributed by atoms with Crippen LogP contribution in [0.25, 0.3) is 0 Å². The maximum atomic E-state index is 11.0. The van der Waals surface area contributed by atoms with Crippen molar-refractivity contribution in [3.63, 3.8) is 0 Å². The molecule has 10 heteroatoms. The van der Waals surface area contributed by atoms with Crippen molar-refractivity contribution in [2.75, 3.05) is 26.4 Å². The van der Waals surface area contributed by atoms with Gasteiger partial charge in [0.05, 0.1) is 37.4 Å². The van der Waals surface area contributed by atoms with Crippen molar-refractivity contribution in [1.82, 2.24) is 0 Å². The Morgan fingerprint density at radius 2 is 0.429 bits per heavy atom. The summed E-state index contributed by atoms with van der Waals surface area (Å²) in [7, 11) is -3.89. The van der Waals surface area contributed by atoms with Gasteiger partial charge < -0.3 is 39.0 Å². The monoisotopic (exact) mass is 791 g/mol. The molecule has 0 fully saturated rings. The molecule has 56 heavy (non-hydrogen) atoms. The van der Waals surface area contributed by atoms with E-state index in [1.807, 2.05) is 0 Å². The van der Waals surface area contributed by atoms with Crippen LogP contribution >= 0.6 is 0 Å². The van der Waals surface area contributed by atoms with Crippen molar-refractivity contribution in [2.24, 2.45) is 0 Å². The number of unbranched alkanes of at least 4 members (excludes halogenated alkanes) is 28. The van der Waals surface area contributed by atoms with Crippen LogP contribution in [-0.2, 0) is 0 Å². The molecule has 0 aromatic heterocycles. The first-order valence-corrected chi connectivity index (χ1v) is 23.9. The molecule has 0 atom stereocenters. The summed E-state index contributed by atoms with van der Waals surface area (Å²) in [6.45, 7) is 10.2. The fourth-order valence-electron chi connectivity index (χ4n) is 7.38. The first-order valence-electron chi connectivity index (χ1n) is 23.9. The number of hydrogen-bond acceptors (Lipinski definition) is 8. The van der Waals surface area contributed by atoms with Gasteiger partial charge in [0.1, 0.15) is 0 Å². The third-order valence-electron chi connectivity index (χ3n) is 10.9. The van der Waals surface area contributed by atoms with E-state index < -0.39 is 14.2 Å². The number of benzene rings is 1. The van der Waals surface area contributed by atoms with Gasteiger partial charge in [-0.15, -0.1) is 0 Å². The van der Waals surface area contributed by atoms with Crippen LogP contribution in [0.3, 0.4) is 0 Å². The minimum Gasteiger partial charge on any atom is -0.490 e. The van der Waals surface area contributed by atoms with Crippen molar-refractivity contribution in [3.05, 3.63) is 0 Å². The Balaban J connectivity index is 3.33. The molecule has 326 valence electrons. The number of ether oxygens (including phenoxy) is 4. The first kappa shape index (κ1) is 52.4. The van der Waals surface area contributed by atoms with Gasteiger partial charge in [0.25, 0.3) is 0 Å². The zero-order valence-electron chi connectivity index (χ0n) is 37.0. The predicted octanol–water partition coefficient (Wildman–Crippen LogP) is 11.1. The summed E-state index contributed by atoms with van der Waals surface area (Å²) in [5.74, 6) is 0.429. The lowest BCUT2D eigenvalue weighted by molar-refractivity contribution is 0.241. The fraction of sp³-hybridized carbons (Fsp3) is 0.870. The maximum Gasteiger partial charge on any atom is 0.496 e. The summed E-state index contributed by atoms with van der Waals surface area (Å²) in [5.41, 5.74) is 0.0655. The van der Waals surface area contributed by atoms with Gasteiger partial charge in [-0.3, -0.25) is 0 Å². The first-order chi connectivity index (χ1) is 27.4. The Labute approximate surface area is 345 Å². The predicted molar refractivity (Wildman–Crippen MR) is 239 cm³/mol. The highest BCUT2D eigenvalue weighted by Gasteiger charge is 2.38. The van der Waals surface area contributed by atoms with Gasteiger partial charge in [-0.25, -0.2) is 0 Å². The molecule has 4 N–H and O–H groups in total. The third kappa shape index (κ3) is 25.0. The van der Waals surface area contributed by atoms with E-state index in [1.54, 1.807) is 0 Å². The Hall–Kier alpha value is -1.61. The van der Waals surface area contributed by atoms with Crippen LogP contribution in [0.4, 0.5) is 0 Å². The van der Waals surface area contributed by atoms with E-state index in [1.165, 1.54) is 128 Å². The highest BCUT2D eigenvalue weighted by Crippen LogP contribution is 2.38. The molecule has 1 aromatic carbocycles.